The number of carbonyl (C=O) groups excluding carboxylic acids is 1. The molecule has 7 nitrogen and oxygen atoms in total. The summed E-state index contributed by atoms with van der Waals surface area (Å²) in [5.41, 5.74) is 2.66. The number of hydrazone groups is 1. The molecule has 0 saturated heterocycles. The molecule has 0 radical (unpaired) electrons. The van der Waals surface area contributed by atoms with Crippen molar-refractivity contribution < 1.29 is 14.1 Å². The summed E-state index contributed by atoms with van der Waals surface area (Å²) in [5, 5.41) is 14.5. The molecule has 1 aromatic heterocycles. The molecule has 102 valence electrons. The maximum Gasteiger partial charge on any atom is 0.307 e. The summed E-state index contributed by atoms with van der Waals surface area (Å²) in [6.07, 6.45) is 2.68. The second-order valence-electron chi connectivity index (χ2n) is 3.64. The first-order valence-corrected chi connectivity index (χ1v) is 6.18. The van der Waals surface area contributed by atoms with Gasteiger partial charge >= 0.3 is 5.91 Å². The molecule has 0 spiro atoms. The first-order valence-electron chi connectivity index (χ1n) is 5.39. The van der Waals surface area contributed by atoms with Crippen LogP contribution in [-0.2, 0) is 0 Å². The first-order chi connectivity index (χ1) is 9.58. The number of hydrogen-bond donors (Lipinski definition) is 1. The molecule has 2 rings (SSSR count). The summed E-state index contributed by atoms with van der Waals surface area (Å²) in [5.74, 6) is -0.373. The van der Waals surface area contributed by atoms with Gasteiger partial charge in [0.15, 0.2) is 5.76 Å². The van der Waals surface area contributed by atoms with E-state index in [1.807, 2.05) is 0 Å². The van der Waals surface area contributed by atoms with Gasteiger partial charge in [0, 0.05) is 11.6 Å². The van der Waals surface area contributed by atoms with Crippen molar-refractivity contribution in [3.05, 3.63) is 62.5 Å². The molecule has 1 N–H and O–H groups in total. The van der Waals surface area contributed by atoms with E-state index in [0.29, 0.717) is 10.0 Å². The number of nitrogens with zero attached hydrogens (tertiary/aromatic N) is 2. The van der Waals surface area contributed by atoms with Crippen molar-refractivity contribution in [1.82, 2.24) is 5.43 Å². The molecule has 1 aromatic carbocycles. The molecule has 0 aliphatic heterocycles. The number of nitrogens with one attached hydrogen (secondary N) is 1. The fourth-order valence-electron chi connectivity index (χ4n) is 1.38. The maximum absolute atomic E-state index is 11.5. The zero-order chi connectivity index (χ0) is 14.5. The largest absolute Gasteiger partial charge is 0.459 e. The lowest BCUT2D eigenvalue weighted by atomic mass is 10.2. The third-order valence-electron chi connectivity index (χ3n) is 2.29. The summed E-state index contributed by atoms with van der Waals surface area (Å²) in [4.78, 5) is 21.7. The Morgan fingerprint density at radius 2 is 2.25 bits per heavy atom. The van der Waals surface area contributed by atoms with Crippen molar-refractivity contribution in [3.8, 4) is 0 Å². The fraction of sp³-hybridized carbons (Fsp3) is 0. The molecular weight excluding hydrogens is 330 g/mol. The van der Waals surface area contributed by atoms with Crippen LogP contribution in [0.2, 0.25) is 0 Å². The fourth-order valence-corrected chi connectivity index (χ4v) is 1.77. The predicted molar refractivity (Wildman–Crippen MR) is 74.6 cm³/mol. The smallest absolute Gasteiger partial charge is 0.307 e. The topological polar surface area (TPSA) is 97.7 Å². The molecule has 0 unspecified atom stereocenters. The lowest BCUT2D eigenvalue weighted by Crippen LogP contribution is -2.16. The zero-order valence-corrected chi connectivity index (χ0v) is 11.5. The highest BCUT2D eigenvalue weighted by atomic mass is 79.9. The van der Waals surface area contributed by atoms with Gasteiger partial charge in [0.1, 0.15) is 0 Å². The molecule has 0 fully saturated rings. The van der Waals surface area contributed by atoms with E-state index in [9.17, 15) is 14.9 Å². The van der Waals surface area contributed by atoms with E-state index in [2.05, 4.69) is 26.5 Å². The van der Waals surface area contributed by atoms with Gasteiger partial charge in [0.25, 0.3) is 5.69 Å². The van der Waals surface area contributed by atoms with Gasteiger partial charge in [-0.25, -0.2) is 5.43 Å². The van der Waals surface area contributed by atoms with Crippen molar-refractivity contribution in [2.75, 3.05) is 0 Å². The Labute approximate surface area is 121 Å². The molecule has 0 atom stereocenters. The lowest BCUT2D eigenvalue weighted by molar-refractivity contribution is -0.385. The highest BCUT2D eigenvalue weighted by Gasteiger charge is 2.11. The SMILES string of the molecule is O=C(N/N=C/c1ccc(Br)c([N+](=O)[O-])c1)c1ccco1. The van der Waals surface area contributed by atoms with Crippen LogP contribution in [0.1, 0.15) is 16.1 Å². The molecule has 2 aromatic rings. The van der Waals surface area contributed by atoms with E-state index in [1.54, 1.807) is 12.1 Å². The van der Waals surface area contributed by atoms with Gasteiger partial charge in [-0.15, -0.1) is 0 Å². The summed E-state index contributed by atoms with van der Waals surface area (Å²) >= 11 is 3.08. The Hall–Kier alpha value is -2.48. The molecule has 0 saturated carbocycles. The van der Waals surface area contributed by atoms with Crippen LogP contribution in [0, 0.1) is 10.1 Å². The third kappa shape index (κ3) is 3.29. The van der Waals surface area contributed by atoms with Crippen LogP contribution in [0.25, 0.3) is 0 Å². The number of carbonyl (C=O) groups is 1. The maximum atomic E-state index is 11.5. The zero-order valence-electron chi connectivity index (χ0n) is 9.95. The minimum atomic E-state index is -0.511. The number of nitro groups is 1. The number of benzene rings is 1. The van der Waals surface area contributed by atoms with Crippen LogP contribution >= 0.6 is 15.9 Å². The monoisotopic (exact) mass is 337 g/mol. The molecule has 20 heavy (non-hydrogen) atoms. The van der Waals surface area contributed by atoms with E-state index in [4.69, 9.17) is 4.42 Å². The van der Waals surface area contributed by atoms with Crippen molar-refractivity contribution in [2.45, 2.75) is 0 Å². The van der Waals surface area contributed by atoms with Gasteiger partial charge in [-0.1, -0.05) is 6.07 Å². The van der Waals surface area contributed by atoms with Crippen LogP contribution in [0.5, 0.6) is 0 Å². The number of halogens is 1. The van der Waals surface area contributed by atoms with Crippen molar-refractivity contribution in [1.29, 1.82) is 0 Å². The minimum absolute atomic E-state index is 0.0775. The van der Waals surface area contributed by atoms with Crippen LogP contribution in [-0.4, -0.2) is 17.0 Å². The third-order valence-corrected chi connectivity index (χ3v) is 2.96. The van der Waals surface area contributed by atoms with Gasteiger partial charge in [-0.05, 0) is 34.1 Å². The summed E-state index contributed by atoms with van der Waals surface area (Å²) in [6.45, 7) is 0. The Kier molecular flexibility index (Phi) is 4.26. The second-order valence-corrected chi connectivity index (χ2v) is 4.50. The second kappa shape index (κ2) is 6.11. The van der Waals surface area contributed by atoms with Crippen LogP contribution in [0.4, 0.5) is 5.69 Å². The summed E-state index contributed by atoms with van der Waals surface area (Å²) in [6, 6.07) is 7.58. The Morgan fingerprint density at radius 3 is 2.90 bits per heavy atom. The van der Waals surface area contributed by atoms with Crippen molar-refractivity contribution in [2.24, 2.45) is 5.10 Å². The van der Waals surface area contributed by atoms with E-state index in [0.717, 1.165) is 0 Å². The van der Waals surface area contributed by atoms with Crippen molar-refractivity contribution in [3.63, 3.8) is 0 Å². The highest BCUT2D eigenvalue weighted by Crippen LogP contribution is 2.24. The van der Waals surface area contributed by atoms with Crippen LogP contribution < -0.4 is 5.43 Å². The average molecular weight is 338 g/mol. The summed E-state index contributed by atoms with van der Waals surface area (Å²) < 4.78 is 5.26. The number of hydrogen-bond acceptors (Lipinski definition) is 5. The van der Waals surface area contributed by atoms with E-state index < -0.39 is 10.8 Å². The van der Waals surface area contributed by atoms with Gasteiger partial charge in [-0.3, -0.25) is 14.9 Å². The van der Waals surface area contributed by atoms with Crippen LogP contribution in [0.3, 0.4) is 0 Å². The molecule has 0 aliphatic rings. The first kappa shape index (κ1) is 13.9. The number of furan rings is 1. The van der Waals surface area contributed by atoms with Gasteiger partial charge in [0.2, 0.25) is 0 Å². The quantitative estimate of drug-likeness (QED) is 0.526. The van der Waals surface area contributed by atoms with E-state index in [-0.39, 0.29) is 11.4 Å². The van der Waals surface area contributed by atoms with Gasteiger partial charge in [-0.2, -0.15) is 5.10 Å². The Balaban J connectivity index is 2.07. The number of rotatable bonds is 4. The molecule has 8 heteroatoms. The van der Waals surface area contributed by atoms with Crippen molar-refractivity contribution >= 4 is 33.7 Å². The summed E-state index contributed by atoms with van der Waals surface area (Å²) in [7, 11) is 0. The standard InChI is InChI=1S/C12H8BrN3O4/c13-9-4-3-8(6-10(9)16(18)19)7-14-15-12(17)11-2-1-5-20-11/h1-7H,(H,15,17)/b14-7+. The minimum Gasteiger partial charge on any atom is -0.459 e. The Bertz CT molecular complexity index is 667. The van der Waals surface area contributed by atoms with Crippen LogP contribution in [0.15, 0.2) is 50.6 Å². The molecule has 0 bridgehead atoms. The van der Waals surface area contributed by atoms with Gasteiger partial charge < -0.3 is 4.42 Å². The molecular formula is C12H8BrN3O4. The predicted octanol–water partition coefficient (Wildman–Crippen LogP) is 2.71. The molecule has 1 heterocycles. The molecule has 1 amide bonds. The van der Waals surface area contributed by atoms with Gasteiger partial charge in [0.05, 0.1) is 21.9 Å². The Morgan fingerprint density at radius 1 is 1.45 bits per heavy atom. The highest BCUT2D eigenvalue weighted by molar-refractivity contribution is 9.10. The average Bonchev–Trinajstić information content (AvgIpc) is 2.94. The molecule has 0 aliphatic carbocycles. The van der Waals surface area contributed by atoms with E-state index in [1.165, 1.54) is 30.7 Å². The lowest BCUT2D eigenvalue weighted by Gasteiger charge is -1.98. The normalized spacial score (nSPS) is 10.7. The van der Waals surface area contributed by atoms with E-state index >= 15 is 0 Å². The number of amides is 1. The number of nitro benzene ring substituents is 1.